The van der Waals surface area contributed by atoms with Crippen molar-refractivity contribution in [2.24, 2.45) is 0 Å². The maximum absolute atomic E-state index is 2.52. The van der Waals surface area contributed by atoms with Crippen LogP contribution in [-0.2, 0) is 0 Å². The van der Waals surface area contributed by atoms with Crippen LogP contribution in [0, 0.1) is 0 Å². The summed E-state index contributed by atoms with van der Waals surface area (Å²) in [4.78, 5) is 5.01. The summed E-state index contributed by atoms with van der Waals surface area (Å²) in [6, 6.07) is 91.1. The summed E-state index contributed by atoms with van der Waals surface area (Å²) in [7, 11) is 0. The van der Waals surface area contributed by atoms with Crippen molar-refractivity contribution in [3.05, 3.63) is 249 Å². The van der Waals surface area contributed by atoms with Crippen LogP contribution in [0.1, 0.15) is 0 Å². The van der Waals surface area contributed by atoms with E-state index in [0.29, 0.717) is 0 Å². The summed E-state index contributed by atoms with van der Waals surface area (Å²) in [6.45, 7) is -0.0261. The van der Waals surface area contributed by atoms with Gasteiger partial charge in [-0.3, -0.25) is 0 Å². The summed E-state index contributed by atoms with van der Waals surface area (Å²) in [5.41, 5.74) is 22.9. The average molecular weight is 801 g/mol. The van der Waals surface area contributed by atoms with Crippen molar-refractivity contribution < 1.29 is 0 Å². The number of hydrogen-bond donors (Lipinski definition) is 0. The van der Waals surface area contributed by atoms with Crippen molar-refractivity contribution >= 4 is 57.2 Å². The Morgan fingerprint density at radius 2 is 0.619 bits per heavy atom. The van der Waals surface area contributed by atoms with Crippen molar-refractivity contribution in [1.29, 1.82) is 0 Å². The maximum Gasteiger partial charge on any atom is 0.252 e. The van der Waals surface area contributed by atoms with Gasteiger partial charge < -0.3 is 9.80 Å². The van der Waals surface area contributed by atoms with Gasteiger partial charge in [-0.25, -0.2) is 0 Å². The quantitative estimate of drug-likeness (QED) is 0.148. The van der Waals surface area contributed by atoms with Gasteiger partial charge in [0.2, 0.25) is 0 Å². The van der Waals surface area contributed by atoms with Crippen LogP contribution in [0.5, 0.6) is 0 Å². The zero-order valence-corrected chi connectivity index (χ0v) is 34.6. The van der Waals surface area contributed by atoms with Gasteiger partial charge in [0.25, 0.3) is 6.71 Å². The molecule has 0 bridgehead atoms. The van der Waals surface area contributed by atoms with Crippen molar-refractivity contribution in [2.45, 2.75) is 0 Å². The highest BCUT2D eigenvalue weighted by Crippen LogP contribution is 2.46. The number of hydrogen-bond acceptors (Lipinski definition) is 2. The van der Waals surface area contributed by atoms with Gasteiger partial charge in [0.05, 0.1) is 0 Å². The molecule has 294 valence electrons. The Labute approximate surface area is 369 Å². The number of nitrogens with zero attached hydrogens (tertiary/aromatic N) is 2. The lowest BCUT2D eigenvalue weighted by Gasteiger charge is -2.44. The molecule has 0 radical (unpaired) electrons. The Bertz CT molecular complexity index is 3260. The van der Waals surface area contributed by atoms with Crippen LogP contribution in [0.15, 0.2) is 249 Å². The number of rotatable bonds is 7. The first-order valence-electron chi connectivity index (χ1n) is 21.8. The fourth-order valence-corrected chi connectivity index (χ4v) is 9.95. The lowest BCUT2D eigenvalue weighted by molar-refractivity contribution is 1.25. The largest absolute Gasteiger partial charge is 0.311 e. The van der Waals surface area contributed by atoms with E-state index >= 15 is 0 Å². The molecule has 10 aromatic rings. The van der Waals surface area contributed by atoms with Crippen LogP contribution in [0.2, 0.25) is 0 Å². The molecule has 2 aliphatic heterocycles. The molecule has 0 saturated carbocycles. The van der Waals surface area contributed by atoms with Gasteiger partial charge in [-0.1, -0.05) is 200 Å². The fraction of sp³-hybridized carbons (Fsp3) is 0. The Morgan fingerprint density at radius 3 is 1.11 bits per heavy atom. The average Bonchev–Trinajstić information content (AvgIpc) is 3.37. The predicted octanol–water partition coefficient (Wildman–Crippen LogP) is 14.1. The third-order valence-corrected chi connectivity index (χ3v) is 12.9. The maximum atomic E-state index is 2.52. The third-order valence-electron chi connectivity index (χ3n) is 12.9. The van der Waals surface area contributed by atoms with E-state index in [1.165, 1.54) is 94.8 Å². The standard InChI is InChI=1S/C60H41BN2/c1-6-17-42(18-7-1)45-29-33-50(34-30-45)62-56-37-31-48(43-19-8-2-9-20-43)39-54(56)61-55-40-49(44-21-10-3-11-22-44)32-38-57(55)63(59-28-16-27-58(62)60(59)61)51-35-36-52(46-23-12-4-13-24-46)53(41-51)47-25-14-5-15-26-47/h1-41H. The minimum absolute atomic E-state index is 0.0261. The molecule has 0 saturated heterocycles. The first kappa shape index (κ1) is 36.7. The van der Waals surface area contributed by atoms with E-state index in [1.807, 2.05) is 0 Å². The van der Waals surface area contributed by atoms with E-state index in [-0.39, 0.29) is 6.71 Å². The van der Waals surface area contributed by atoms with Crippen LogP contribution in [0.4, 0.5) is 34.1 Å². The van der Waals surface area contributed by atoms with Crippen LogP contribution >= 0.6 is 0 Å². The van der Waals surface area contributed by atoms with E-state index in [1.54, 1.807) is 0 Å². The second kappa shape index (κ2) is 15.4. The lowest BCUT2D eigenvalue weighted by Crippen LogP contribution is -2.61. The van der Waals surface area contributed by atoms with E-state index in [0.717, 1.165) is 11.4 Å². The summed E-state index contributed by atoms with van der Waals surface area (Å²) in [5, 5.41) is 0. The van der Waals surface area contributed by atoms with E-state index in [2.05, 4.69) is 259 Å². The smallest absolute Gasteiger partial charge is 0.252 e. The summed E-state index contributed by atoms with van der Waals surface area (Å²) in [6.07, 6.45) is 0. The van der Waals surface area contributed by atoms with Crippen molar-refractivity contribution in [1.82, 2.24) is 0 Å². The summed E-state index contributed by atoms with van der Waals surface area (Å²) >= 11 is 0. The van der Waals surface area contributed by atoms with Gasteiger partial charge in [0, 0.05) is 34.1 Å². The van der Waals surface area contributed by atoms with E-state index in [9.17, 15) is 0 Å². The van der Waals surface area contributed by atoms with Crippen molar-refractivity contribution in [3.63, 3.8) is 0 Å². The number of fused-ring (bicyclic) bond motifs is 4. The second-order valence-corrected chi connectivity index (χ2v) is 16.5. The molecule has 2 heterocycles. The van der Waals surface area contributed by atoms with Gasteiger partial charge in [0.15, 0.2) is 0 Å². The molecule has 2 aliphatic rings. The topological polar surface area (TPSA) is 6.48 Å². The molecule has 10 aromatic carbocycles. The fourth-order valence-electron chi connectivity index (χ4n) is 9.95. The molecule has 2 nitrogen and oxygen atoms in total. The molecule has 0 spiro atoms. The van der Waals surface area contributed by atoms with Crippen molar-refractivity contribution in [2.75, 3.05) is 9.80 Å². The van der Waals surface area contributed by atoms with Crippen LogP contribution in [0.3, 0.4) is 0 Å². The molecule has 0 atom stereocenters. The molecule has 0 amide bonds. The highest BCUT2D eigenvalue weighted by Gasteiger charge is 2.43. The highest BCUT2D eigenvalue weighted by molar-refractivity contribution is 7.00. The Kier molecular flexibility index (Phi) is 8.97. The molecule has 0 aliphatic carbocycles. The normalized spacial score (nSPS) is 12.3. The molecular formula is C60H41BN2. The summed E-state index contributed by atoms with van der Waals surface area (Å²) in [5.74, 6) is 0. The molecule has 0 unspecified atom stereocenters. The molecule has 3 heteroatoms. The minimum atomic E-state index is -0.0261. The van der Waals surface area contributed by atoms with Gasteiger partial charge in [0.1, 0.15) is 0 Å². The Morgan fingerprint density at radius 1 is 0.238 bits per heavy atom. The van der Waals surface area contributed by atoms with Gasteiger partial charge in [-0.05, 0) is 121 Å². The molecule has 12 rings (SSSR count). The molecule has 0 N–H and O–H groups in total. The summed E-state index contributed by atoms with van der Waals surface area (Å²) < 4.78 is 0. The van der Waals surface area contributed by atoms with Crippen LogP contribution in [-0.4, -0.2) is 6.71 Å². The molecule has 0 fully saturated rings. The zero-order chi connectivity index (χ0) is 41.7. The molecular weight excluding hydrogens is 759 g/mol. The third kappa shape index (κ3) is 6.37. The number of anilines is 6. The first-order chi connectivity index (χ1) is 31.3. The minimum Gasteiger partial charge on any atom is -0.311 e. The lowest BCUT2D eigenvalue weighted by atomic mass is 9.33. The van der Waals surface area contributed by atoms with E-state index < -0.39 is 0 Å². The van der Waals surface area contributed by atoms with Crippen LogP contribution in [0.25, 0.3) is 55.6 Å². The predicted molar refractivity (Wildman–Crippen MR) is 268 cm³/mol. The molecule has 0 aromatic heterocycles. The zero-order valence-electron chi connectivity index (χ0n) is 34.6. The Hall–Kier alpha value is -8.14. The number of benzene rings is 10. The van der Waals surface area contributed by atoms with Gasteiger partial charge in [-0.15, -0.1) is 0 Å². The van der Waals surface area contributed by atoms with Gasteiger partial charge in [-0.2, -0.15) is 0 Å². The van der Waals surface area contributed by atoms with Crippen LogP contribution < -0.4 is 26.2 Å². The van der Waals surface area contributed by atoms with Crippen molar-refractivity contribution in [3.8, 4) is 55.6 Å². The second-order valence-electron chi connectivity index (χ2n) is 16.5. The highest BCUT2D eigenvalue weighted by atomic mass is 15.2. The van der Waals surface area contributed by atoms with Gasteiger partial charge >= 0.3 is 0 Å². The molecule has 63 heavy (non-hydrogen) atoms. The monoisotopic (exact) mass is 800 g/mol. The SMILES string of the molecule is c1ccc(-c2ccc(N3c4ccc(-c5ccccc5)cc4B4c5cc(-c6ccccc6)ccc5N(c5ccc(-c6ccccc6)c(-c6ccccc6)c5)c5cccc3c54)cc2)cc1. The van der Waals surface area contributed by atoms with E-state index in [4.69, 9.17) is 0 Å². The Balaban J connectivity index is 1.12. The first-order valence-corrected chi connectivity index (χ1v) is 21.8.